The molecule has 1 heterocycles. The Morgan fingerprint density at radius 2 is 2.06 bits per heavy atom. The molecular formula is C13H20N2O. The average molecular weight is 220 g/mol. The molecule has 88 valence electrons. The fourth-order valence-corrected chi connectivity index (χ4v) is 2.07. The minimum absolute atomic E-state index is 0.622. The Morgan fingerprint density at radius 1 is 1.19 bits per heavy atom. The van der Waals surface area contributed by atoms with Gasteiger partial charge in [0.25, 0.3) is 0 Å². The molecule has 0 spiro atoms. The van der Waals surface area contributed by atoms with Crippen molar-refractivity contribution in [3.63, 3.8) is 0 Å². The van der Waals surface area contributed by atoms with Crippen LogP contribution in [0.1, 0.15) is 17.5 Å². The van der Waals surface area contributed by atoms with Gasteiger partial charge in [-0.25, -0.2) is 0 Å². The third-order valence-electron chi connectivity index (χ3n) is 2.95. The average Bonchev–Trinajstić information content (AvgIpc) is 2.58. The molecule has 0 bridgehead atoms. The van der Waals surface area contributed by atoms with Crippen LogP contribution in [-0.2, 0) is 17.8 Å². The van der Waals surface area contributed by atoms with Crippen LogP contribution in [-0.4, -0.2) is 31.2 Å². The molecule has 2 rings (SSSR count). The van der Waals surface area contributed by atoms with Crippen LogP contribution in [0.15, 0.2) is 24.3 Å². The molecule has 0 amide bonds. The van der Waals surface area contributed by atoms with Crippen molar-refractivity contribution in [1.82, 2.24) is 4.90 Å². The zero-order valence-corrected chi connectivity index (χ0v) is 9.69. The smallest absolute Gasteiger partial charge is 0.0593 e. The van der Waals surface area contributed by atoms with E-state index in [0.29, 0.717) is 6.54 Å². The van der Waals surface area contributed by atoms with Crippen molar-refractivity contribution in [2.75, 3.05) is 26.3 Å². The first-order chi connectivity index (χ1) is 7.88. The first-order valence-corrected chi connectivity index (χ1v) is 5.96. The minimum Gasteiger partial charge on any atom is -0.380 e. The lowest BCUT2D eigenvalue weighted by Crippen LogP contribution is -2.25. The third kappa shape index (κ3) is 3.30. The zero-order valence-electron chi connectivity index (χ0n) is 9.69. The van der Waals surface area contributed by atoms with Crippen LogP contribution in [0.25, 0.3) is 0 Å². The van der Waals surface area contributed by atoms with Crippen LogP contribution >= 0.6 is 0 Å². The van der Waals surface area contributed by atoms with Crippen LogP contribution in [0.4, 0.5) is 0 Å². The van der Waals surface area contributed by atoms with Gasteiger partial charge in [0, 0.05) is 32.8 Å². The van der Waals surface area contributed by atoms with Crippen LogP contribution in [0, 0.1) is 0 Å². The van der Waals surface area contributed by atoms with E-state index in [1.165, 1.54) is 11.1 Å². The van der Waals surface area contributed by atoms with Gasteiger partial charge >= 0.3 is 0 Å². The summed E-state index contributed by atoms with van der Waals surface area (Å²) in [5.74, 6) is 0. The summed E-state index contributed by atoms with van der Waals surface area (Å²) in [7, 11) is 0. The van der Waals surface area contributed by atoms with Crippen molar-refractivity contribution < 1.29 is 4.74 Å². The predicted molar refractivity (Wildman–Crippen MR) is 65.0 cm³/mol. The number of hydrogen-bond acceptors (Lipinski definition) is 3. The summed E-state index contributed by atoms with van der Waals surface area (Å²) >= 11 is 0. The Morgan fingerprint density at radius 3 is 2.94 bits per heavy atom. The highest BCUT2D eigenvalue weighted by molar-refractivity contribution is 5.23. The summed E-state index contributed by atoms with van der Waals surface area (Å²) in [5, 5.41) is 0. The molecule has 0 radical (unpaired) electrons. The largest absolute Gasteiger partial charge is 0.380 e. The van der Waals surface area contributed by atoms with E-state index in [1.54, 1.807) is 0 Å². The fraction of sp³-hybridized carbons (Fsp3) is 0.538. The van der Waals surface area contributed by atoms with Crippen LogP contribution in [0.3, 0.4) is 0 Å². The van der Waals surface area contributed by atoms with Gasteiger partial charge in [0.2, 0.25) is 0 Å². The van der Waals surface area contributed by atoms with Gasteiger partial charge in [-0.05, 0) is 17.5 Å². The summed E-state index contributed by atoms with van der Waals surface area (Å²) in [6, 6.07) is 8.54. The quantitative estimate of drug-likeness (QED) is 0.836. The van der Waals surface area contributed by atoms with Crippen LogP contribution in [0.2, 0.25) is 0 Å². The lowest BCUT2D eigenvalue weighted by molar-refractivity contribution is 0.140. The molecule has 3 heteroatoms. The van der Waals surface area contributed by atoms with Crippen molar-refractivity contribution in [2.45, 2.75) is 19.5 Å². The van der Waals surface area contributed by atoms with Gasteiger partial charge < -0.3 is 10.5 Å². The molecule has 0 aromatic heterocycles. The first-order valence-electron chi connectivity index (χ1n) is 5.96. The van der Waals surface area contributed by atoms with E-state index in [2.05, 4.69) is 29.2 Å². The fourth-order valence-electron chi connectivity index (χ4n) is 2.07. The molecular weight excluding hydrogens is 200 g/mol. The monoisotopic (exact) mass is 220 g/mol. The molecule has 0 saturated carbocycles. The van der Waals surface area contributed by atoms with E-state index in [0.717, 1.165) is 39.3 Å². The van der Waals surface area contributed by atoms with Gasteiger partial charge in [-0.3, -0.25) is 4.90 Å². The molecule has 16 heavy (non-hydrogen) atoms. The SMILES string of the molecule is NCc1cccc(CN2CCCOCC2)c1. The second-order valence-corrected chi connectivity index (χ2v) is 4.27. The normalized spacial score (nSPS) is 18.3. The Balaban J connectivity index is 1.96. The van der Waals surface area contributed by atoms with E-state index in [1.807, 2.05) is 0 Å². The van der Waals surface area contributed by atoms with Crippen LogP contribution < -0.4 is 5.73 Å². The number of ether oxygens (including phenoxy) is 1. The predicted octanol–water partition coefficient (Wildman–Crippen LogP) is 1.37. The molecule has 1 aliphatic heterocycles. The molecule has 0 unspecified atom stereocenters. The second-order valence-electron chi connectivity index (χ2n) is 4.27. The molecule has 0 atom stereocenters. The van der Waals surface area contributed by atoms with E-state index >= 15 is 0 Å². The van der Waals surface area contributed by atoms with Gasteiger partial charge in [-0.1, -0.05) is 24.3 Å². The van der Waals surface area contributed by atoms with E-state index in [4.69, 9.17) is 10.5 Å². The first kappa shape index (κ1) is 11.6. The van der Waals surface area contributed by atoms with Crippen molar-refractivity contribution >= 4 is 0 Å². The highest BCUT2D eigenvalue weighted by Gasteiger charge is 2.09. The summed E-state index contributed by atoms with van der Waals surface area (Å²) in [6.45, 7) is 5.56. The highest BCUT2D eigenvalue weighted by atomic mass is 16.5. The zero-order chi connectivity index (χ0) is 11.2. The van der Waals surface area contributed by atoms with Gasteiger partial charge in [-0.15, -0.1) is 0 Å². The lowest BCUT2D eigenvalue weighted by Gasteiger charge is -2.19. The lowest BCUT2D eigenvalue weighted by atomic mass is 10.1. The number of rotatable bonds is 3. The molecule has 0 aliphatic carbocycles. The van der Waals surface area contributed by atoms with Crippen molar-refractivity contribution in [3.05, 3.63) is 35.4 Å². The summed E-state index contributed by atoms with van der Waals surface area (Å²) in [6.07, 6.45) is 1.14. The van der Waals surface area contributed by atoms with Crippen molar-refractivity contribution in [3.8, 4) is 0 Å². The second kappa shape index (κ2) is 5.99. The van der Waals surface area contributed by atoms with Gasteiger partial charge in [0.1, 0.15) is 0 Å². The number of nitrogens with two attached hydrogens (primary N) is 1. The van der Waals surface area contributed by atoms with E-state index < -0.39 is 0 Å². The van der Waals surface area contributed by atoms with Gasteiger partial charge in [-0.2, -0.15) is 0 Å². The van der Waals surface area contributed by atoms with E-state index in [-0.39, 0.29) is 0 Å². The number of nitrogens with zero attached hydrogens (tertiary/aromatic N) is 1. The van der Waals surface area contributed by atoms with E-state index in [9.17, 15) is 0 Å². The molecule has 2 N–H and O–H groups in total. The Labute approximate surface area is 97.2 Å². The van der Waals surface area contributed by atoms with Crippen molar-refractivity contribution in [2.24, 2.45) is 5.73 Å². The molecule has 1 saturated heterocycles. The summed E-state index contributed by atoms with van der Waals surface area (Å²) < 4.78 is 5.45. The minimum atomic E-state index is 0.622. The van der Waals surface area contributed by atoms with Gasteiger partial charge in [0.05, 0.1) is 6.61 Å². The molecule has 1 aromatic rings. The Kier molecular flexibility index (Phi) is 4.34. The van der Waals surface area contributed by atoms with Gasteiger partial charge in [0.15, 0.2) is 0 Å². The summed E-state index contributed by atoms with van der Waals surface area (Å²) in [4.78, 5) is 2.45. The molecule has 1 fully saturated rings. The molecule has 1 aromatic carbocycles. The van der Waals surface area contributed by atoms with Crippen LogP contribution in [0.5, 0.6) is 0 Å². The molecule has 1 aliphatic rings. The topological polar surface area (TPSA) is 38.5 Å². The number of hydrogen-bond donors (Lipinski definition) is 1. The maximum atomic E-state index is 5.64. The maximum Gasteiger partial charge on any atom is 0.0593 e. The highest BCUT2D eigenvalue weighted by Crippen LogP contribution is 2.09. The molecule has 3 nitrogen and oxygen atoms in total. The Hall–Kier alpha value is -0.900. The Bertz CT molecular complexity index is 319. The number of benzene rings is 1. The maximum absolute atomic E-state index is 5.64. The summed E-state index contributed by atoms with van der Waals surface area (Å²) in [5.41, 5.74) is 8.21. The third-order valence-corrected chi connectivity index (χ3v) is 2.95. The van der Waals surface area contributed by atoms with Crippen molar-refractivity contribution in [1.29, 1.82) is 0 Å². The standard InChI is InChI=1S/C13H20N2O/c14-10-12-3-1-4-13(9-12)11-15-5-2-7-16-8-6-15/h1,3-4,9H,2,5-8,10-11,14H2.